The van der Waals surface area contributed by atoms with E-state index in [2.05, 4.69) is 27.9 Å². The molecule has 186 valence electrons. The molecule has 0 aliphatic heterocycles. The first-order valence-corrected chi connectivity index (χ1v) is 12.7. The number of carbonyl (C=O) groups is 1. The number of nitrogens with one attached hydrogen (secondary N) is 1. The lowest BCUT2D eigenvalue weighted by Gasteiger charge is -2.17. The molecule has 1 N–H and O–H groups in total. The maximum atomic E-state index is 12.8. The van der Waals surface area contributed by atoms with E-state index in [0.717, 1.165) is 9.13 Å². The molecule has 0 atom stereocenters. The molecule has 0 saturated carbocycles. The number of rotatable bonds is 10. The minimum absolute atomic E-state index is 0.0149. The van der Waals surface area contributed by atoms with E-state index < -0.39 is 5.91 Å². The van der Waals surface area contributed by atoms with Gasteiger partial charge in [0, 0.05) is 5.69 Å². The summed E-state index contributed by atoms with van der Waals surface area (Å²) in [5, 5.41) is 12.4. The van der Waals surface area contributed by atoms with E-state index in [9.17, 15) is 10.1 Å². The molecule has 0 aliphatic carbocycles. The van der Waals surface area contributed by atoms with E-state index in [-0.39, 0.29) is 11.7 Å². The fourth-order valence-electron chi connectivity index (χ4n) is 3.28. The molecule has 7 heteroatoms. The van der Waals surface area contributed by atoms with Gasteiger partial charge in [-0.05, 0) is 104 Å². The second-order valence-electron chi connectivity index (χ2n) is 8.35. The number of anilines is 1. The highest BCUT2D eigenvalue weighted by Crippen LogP contribution is 2.35. The van der Waals surface area contributed by atoms with Gasteiger partial charge in [0.05, 0.1) is 16.3 Å². The molecular formula is C29H29IN2O4. The smallest absolute Gasteiger partial charge is 0.266 e. The molecule has 0 unspecified atom stereocenters. The first-order chi connectivity index (χ1) is 17.3. The average molecular weight is 596 g/mol. The second kappa shape index (κ2) is 13.0. The van der Waals surface area contributed by atoms with Crippen molar-refractivity contribution in [2.45, 2.75) is 40.4 Å². The number of ether oxygens (including phenoxy) is 3. The van der Waals surface area contributed by atoms with Crippen LogP contribution in [0.1, 0.15) is 37.5 Å². The predicted octanol–water partition coefficient (Wildman–Crippen LogP) is 6.91. The first kappa shape index (κ1) is 27.1. The molecule has 0 heterocycles. The summed E-state index contributed by atoms with van der Waals surface area (Å²) in [6.07, 6.45) is 1.53. The molecule has 0 aromatic heterocycles. The van der Waals surface area contributed by atoms with Crippen molar-refractivity contribution in [3.05, 3.63) is 86.5 Å². The van der Waals surface area contributed by atoms with Gasteiger partial charge in [-0.1, -0.05) is 29.8 Å². The van der Waals surface area contributed by atoms with Crippen LogP contribution in [0.3, 0.4) is 0 Å². The molecule has 0 bridgehead atoms. The lowest BCUT2D eigenvalue weighted by atomic mass is 10.1. The van der Waals surface area contributed by atoms with Gasteiger partial charge >= 0.3 is 0 Å². The van der Waals surface area contributed by atoms with Gasteiger partial charge in [0.1, 0.15) is 24.0 Å². The van der Waals surface area contributed by atoms with Gasteiger partial charge in [0.15, 0.2) is 11.5 Å². The summed E-state index contributed by atoms with van der Waals surface area (Å²) in [6, 6.07) is 20.8. The van der Waals surface area contributed by atoms with Crippen molar-refractivity contribution in [1.29, 1.82) is 5.26 Å². The molecule has 3 rings (SSSR count). The highest BCUT2D eigenvalue weighted by molar-refractivity contribution is 14.1. The molecule has 3 aromatic rings. The van der Waals surface area contributed by atoms with Crippen LogP contribution in [0.4, 0.5) is 5.69 Å². The van der Waals surface area contributed by atoms with Crippen LogP contribution >= 0.6 is 22.6 Å². The number of nitrogens with zero attached hydrogens (tertiary/aromatic N) is 1. The Bertz CT molecular complexity index is 1260. The fourth-order valence-corrected chi connectivity index (χ4v) is 4.04. The van der Waals surface area contributed by atoms with Crippen molar-refractivity contribution in [3.63, 3.8) is 0 Å². The number of hydrogen-bond donors (Lipinski definition) is 1. The fraction of sp³-hybridized carbons (Fsp3) is 0.241. The Morgan fingerprint density at radius 2 is 1.78 bits per heavy atom. The molecular weight excluding hydrogens is 567 g/mol. The Kier molecular flexibility index (Phi) is 9.77. The van der Waals surface area contributed by atoms with Gasteiger partial charge in [0.2, 0.25) is 0 Å². The number of carbonyl (C=O) groups excluding carboxylic acids is 1. The Labute approximate surface area is 226 Å². The summed E-state index contributed by atoms with van der Waals surface area (Å²) in [4.78, 5) is 12.8. The molecule has 0 aliphatic rings. The highest BCUT2D eigenvalue weighted by atomic mass is 127. The Hall–Kier alpha value is -3.51. The minimum Gasteiger partial charge on any atom is -0.490 e. The number of amides is 1. The van der Waals surface area contributed by atoms with Crippen LogP contribution in [0.5, 0.6) is 17.2 Å². The maximum Gasteiger partial charge on any atom is 0.266 e. The number of benzene rings is 3. The number of hydrogen-bond acceptors (Lipinski definition) is 5. The van der Waals surface area contributed by atoms with Gasteiger partial charge in [-0.25, -0.2) is 0 Å². The SMILES string of the molecule is CCOc1cc(/C=C(\C#N)C(=O)Nc2ccc(OCc3ccc(C)cc3)cc2)cc(I)c1OC(C)C. The molecule has 3 aromatic carbocycles. The van der Waals surface area contributed by atoms with Crippen molar-refractivity contribution < 1.29 is 19.0 Å². The number of nitriles is 1. The number of halogens is 1. The van der Waals surface area contributed by atoms with Crippen LogP contribution in [0.15, 0.2) is 66.2 Å². The van der Waals surface area contributed by atoms with Gasteiger partial charge in [-0.3, -0.25) is 4.79 Å². The Morgan fingerprint density at radius 1 is 1.08 bits per heavy atom. The summed E-state index contributed by atoms with van der Waals surface area (Å²) in [5.74, 6) is 1.41. The van der Waals surface area contributed by atoms with Crippen molar-refractivity contribution in [2.75, 3.05) is 11.9 Å². The van der Waals surface area contributed by atoms with E-state index in [4.69, 9.17) is 14.2 Å². The standard InChI is InChI=1S/C29H29IN2O4/c1-5-34-27-16-22(15-26(30)28(27)36-19(2)3)14-23(17-31)29(33)32-24-10-12-25(13-11-24)35-18-21-8-6-20(4)7-9-21/h6-16,19H,5,18H2,1-4H3,(H,32,33)/b23-14+. The third kappa shape index (κ3) is 7.75. The first-order valence-electron chi connectivity index (χ1n) is 11.6. The van der Waals surface area contributed by atoms with Crippen molar-refractivity contribution >= 4 is 40.3 Å². The molecule has 0 fully saturated rings. The van der Waals surface area contributed by atoms with Crippen LogP contribution < -0.4 is 19.5 Å². The summed E-state index contributed by atoms with van der Waals surface area (Å²) in [6.45, 7) is 8.75. The van der Waals surface area contributed by atoms with Gasteiger partial charge in [-0.2, -0.15) is 5.26 Å². The third-order valence-corrected chi connectivity index (χ3v) is 5.80. The van der Waals surface area contributed by atoms with E-state index in [1.54, 1.807) is 30.3 Å². The minimum atomic E-state index is -0.499. The van der Waals surface area contributed by atoms with E-state index in [0.29, 0.717) is 41.7 Å². The maximum absolute atomic E-state index is 12.8. The van der Waals surface area contributed by atoms with Crippen LogP contribution in [0.25, 0.3) is 6.08 Å². The van der Waals surface area contributed by atoms with Crippen molar-refractivity contribution in [2.24, 2.45) is 0 Å². The largest absolute Gasteiger partial charge is 0.490 e. The molecule has 0 spiro atoms. The van der Waals surface area contributed by atoms with E-state index in [1.165, 1.54) is 11.6 Å². The predicted molar refractivity (Wildman–Crippen MR) is 150 cm³/mol. The lowest BCUT2D eigenvalue weighted by molar-refractivity contribution is -0.112. The Balaban J connectivity index is 1.70. The van der Waals surface area contributed by atoms with Crippen LogP contribution in [-0.2, 0) is 11.4 Å². The summed E-state index contributed by atoms with van der Waals surface area (Å²) in [7, 11) is 0. The lowest BCUT2D eigenvalue weighted by Crippen LogP contribution is -2.13. The third-order valence-electron chi connectivity index (χ3n) is 5.00. The Morgan fingerprint density at radius 3 is 2.39 bits per heavy atom. The monoisotopic (exact) mass is 596 g/mol. The van der Waals surface area contributed by atoms with Crippen molar-refractivity contribution in [1.82, 2.24) is 0 Å². The highest BCUT2D eigenvalue weighted by Gasteiger charge is 2.15. The number of aryl methyl sites for hydroxylation is 1. The quantitative estimate of drug-likeness (QED) is 0.156. The second-order valence-corrected chi connectivity index (χ2v) is 9.51. The molecule has 0 saturated heterocycles. The van der Waals surface area contributed by atoms with Crippen LogP contribution in [0, 0.1) is 21.8 Å². The van der Waals surface area contributed by atoms with Gasteiger partial charge in [0.25, 0.3) is 5.91 Å². The van der Waals surface area contributed by atoms with Gasteiger partial charge in [-0.15, -0.1) is 0 Å². The van der Waals surface area contributed by atoms with Crippen molar-refractivity contribution in [3.8, 4) is 23.3 Å². The zero-order valence-electron chi connectivity index (χ0n) is 20.8. The van der Waals surface area contributed by atoms with Crippen LogP contribution in [0.2, 0.25) is 0 Å². The van der Waals surface area contributed by atoms with Crippen LogP contribution in [-0.4, -0.2) is 18.6 Å². The molecule has 36 heavy (non-hydrogen) atoms. The summed E-state index contributed by atoms with van der Waals surface area (Å²) < 4.78 is 18.3. The molecule has 0 radical (unpaired) electrons. The zero-order valence-corrected chi connectivity index (χ0v) is 23.0. The van der Waals surface area contributed by atoms with Gasteiger partial charge < -0.3 is 19.5 Å². The summed E-state index contributed by atoms with van der Waals surface area (Å²) in [5.41, 5.74) is 3.49. The summed E-state index contributed by atoms with van der Waals surface area (Å²) >= 11 is 2.16. The topological polar surface area (TPSA) is 80.6 Å². The molecule has 6 nitrogen and oxygen atoms in total. The average Bonchev–Trinajstić information content (AvgIpc) is 2.85. The van der Waals surface area contributed by atoms with E-state index >= 15 is 0 Å². The molecule has 1 amide bonds. The normalized spacial score (nSPS) is 11.1. The zero-order chi connectivity index (χ0) is 26.1. The van der Waals surface area contributed by atoms with E-state index in [1.807, 2.05) is 64.1 Å².